The molecule has 1 N–H and O–H groups in total. The molecule has 0 aromatic heterocycles. The lowest BCUT2D eigenvalue weighted by atomic mass is 10.7. The zero-order valence-corrected chi connectivity index (χ0v) is 9.36. The second-order valence-electron chi connectivity index (χ2n) is 2.88. The first kappa shape index (κ1) is 12.1. The molecule has 0 radical (unpaired) electrons. The van der Waals surface area contributed by atoms with Crippen LogP contribution < -0.4 is 0 Å². The zero-order valence-electron chi connectivity index (χ0n) is 8.54. The molecule has 0 saturated heterocycles. The van der Waals surface area contributed by atoms with Crippen LogP contribution in [0.2, 0.25) is 0 Å². The Balaban J connectivity index is 4.85. The summed E-state index contributed by atoms with van der Waals surface area (Å²) in [5, 5.41) is 0. The average Bonchev–Trinajstić information content (AvgIpc) is 2.07. The van der Waals surface area contributed by atoms with Gasteiger partial charge in [-0.3, -0.25) is 4.55 Å². The van der Waals surface area contributed by atoms with Gasteiger partial charge in [0.05, 0.1) is 0 Å². The van der Waals surface area contributed by atoms with E-state index in [-0.39, 0.29) is 0 Å². The van der Waals surface area contributed by atoms with Crippen molar-refractivity contribution >= 4 is 9.53 Å². The Morgan fingerprint density at radius 1 is 1.08 bits per heavy atom. The molecule has 76 valence electrons. The normalized spacial score (nSPS) is 16.0. The Morgan fingerprint density at radius 3 is 1.50 bits per heavy atom. The molecule has 0 aliphatic carbocycles. The highest BCUT2D eigenvalue weighted by Gasteiger charge is 2.28. The van der Waals surface area contributed by atoms with Crippen molar-refractivity contribution in [2.75, 3.05) is 24.6 Å². The maximum Gasteiger partial charge on any atom is 0.0452 e. The van der Waals surface area contributed by atoms with E-state index in [1.807, 2.05) is 13.8 Å². The summed E-state index contributed by atoms with van der Waals surface area (Å²) in [6.07, 6.45) is 0. The summed E-state index contributed by atoms with van der Waals surface area (Å²) in [4.78, 5) is 0. The quantitative estimate of drug-likeness (QED) is 0.723. The molecule has 3 nitrogen and oxygen atoms in total. The molecule has 0 amide bonds. The lowest BCUT2D eigenvalue weighted by Gasteiger charge is -2.50. The average molecular weight is 195 g/mol. The Bertz CT molecular complexity index is 191. The summed E-state index contributed by atoms with van der Waals surface area (Å²) >= 11 is 0. The second kappa shape index (κ2) is 3.85. The molecule has 0 saturated carbocycles. The van der Waals surface area contributed by atoms with Crippen molar-refractivity contribution < 1.29 is 8.76 Å². The summed E-state index contributed by atoms with van der Waals surface area (Å²) in [6.45, 7) is 8.66. The lowest BCUT2D eigenvalue weighted by molar-refractivity contribution is 0.380. The van der Waals surface area contributed by atoms with E-state index in [0.717, 1.165) is 0 Å². The molecule has 0 atom stereocenters. The number of hydrogen-bond donors (Lipinski definition) is 1. The Kier molecular flexibility index (Phi) is 3.87. The van der Waals surface area contributed by atoms with E-state index in [1.54, 1.807) is 18.2 Å². The maximum absolute atomic E-state index is 12.2. The largest absolute Gasteiger partial charge is 0.290 e. The van der Waals surface area contributed by atoms with Crippen LogP contribution >= 0.6 is 0 Å². The molecule has 4 heteroatoms. The molecule has 0 aliphatic heterocycles. The third kappa shape index (κ3) is 2.06. The molecule has 0 aromatic rings. The monoisotopic (exact) mass is 195 g/mol. The van der Waals surface area contributed by atoms with Gasteiger partial charge < -0.3 is 0 Å². The van der Waals surface area contributed by atoms with E-state index in [4.69, 9.17) is 0 Å². The van der Waals surface area contributed by atoms with E-state index in [2.05, 4.69) is 0 Å². The first-order valence-electron chi connectivity index (χ1n) is 4.57. The van der Waals surface area contributed by atoms with Gasteiger partial charge in [0.15, 0.2) is 0 Å². The predicted molar refractivity (Wildman–Crippen MR) is 54.8 cm³/mol. The summed E-state index contributed by atoms with van der Waals surface area (Å²) in [7, 11) is -3.46. The predicted octanol–water partition coefficient (Wildman–Crippen LogP) is 1.58. The van der Waals surface area contributed by atoms with E-state index >= 15 is 0 Å². The van der Waals surface area contributed by atoms with Gasteiger partial charge in [-0.1, -0.05) is 13.8 Å². The maximum atomic E-state index is 12.2. The Morgan fingerprint density at radius 2 is 1.42 bits per heavy atom. The van der Waals surface area contributed by atoms with Gasteiger partial charge in [-0.2, -0.15) is 4.21 Å². The molecule has 0 rings (SSSR count). The number of rotatable bonds is 5. The molecule has 0 unspecified atom stereocenters. The Labute approximate surface area is 75.5 Å². The topological polar surface area (TPSA) is 40.5 Å². The molecule has 0 spiro atoms. The van der Waals surface area contributed by atoms with Gasteiger partial charge in [-0.15, -0.1) is 9.53 Å². The fourth-order valence-electron chi connectivity index (χ4n) is 1.38. The highest BCUT2D eigenvalue weighted by atomic mass is 32.3. The van der Waals surface area contributed by atoms with Crippen LogP contribution in [0.15, 0.2) is 0 Å². The standard InChI is InChI=1S/C8H21NO2S/c1-5-9(6-2)12(10,11,7-3)8-4/h5-8H2,1-4H3,(H,10,11). The molecule has 0 bridgehead atoms. The van der Waals surface area contributed by atoms with Crippen LogP contribution in [-0.2, 0) is 9.53 Å². The zero-order chi connectivity index (χ0) is 9.85. The van der Waals surface area contributed by atoms with Gasteiger partial charge in [0.2, 0.25) is 0 Å². The fourth-order valence-corrected chi connectivity index (χ4v) is 3.69. The van der Waals surface area contributed by atoms with Gasteiger partial charge in [0.1, 0.15) is 0 Å². The van der Waals surface area contributed by atoms with Crippen LogP contribution in [0.1, 0.15) is 27.7 Å². The second-order valence-corrected chi connectivity index (χ2v) is 6.92. The van der Waals surface area contributed by atoms with Gasteiger partial charge in [-0.25, -0.2) is 4.31 Å². The van der Waals surface area contributed by atoms with Crippen molar-refractivity contribution in [2.24, 2.45) is 0 Å². The molecule has 12 heavy (non-hydrogen) atoms. The van der Waals surface area contributed by atoms with Crippen LogP contribution in [-0.4, -0.2) is 37.7 Å². The van der Waals surface area contributed by atoms with E-state index in [1.165, 1.54) is 0 Å². The highest BCUT2D eigenvalue weighted by molar-refractivity contribution is 8.13. The fraction of sp³-hybridized carbons (Fsp3) is 1.00. The first-order valence-corrected chi connectivity index (χ1v) is 6.79. The summed E-state index contributed by atoms with van der Waals surface area (Å²) in [5.74, 6) is 0.657. The summed E-state index contributed by atoms with van der Waals surface area (Å²) in [6, 6.07) is 0. The third-order valence-electron chi connectivity index (χ3n) is 2.45. The van der Waals surface area contributed by atoms with E-state index < -0.39 is 9.53 Å². The number of nitrogens with zero attached hydrogens (tertiary/aromatic N) is 1. The molecule has 0 heterocycles. The molecule has 0 aliphatic rings. The smallest absolute Gasteiger partial charge is 0.0452 e. The van der Waals surface area contributed by atoms with Crippen molar-refractivity contribution in [1.82, 2.24) is 4.31 Å². The molecule has 0 fully saturated rings. The number of hydrogen-bond acceptors (Lipinski definition) is 1. The Hall–Kier alpha value is 0.0700. The van der Waals surface area contributed by atoms with Crippen LogP contribution in [0.5, 0.6) is 0 Å². The molecular weight excluding hydrogens is 174 g/mol. The van der Waals surface area contributed by atoms with Crippen molar-refractivity contribution in [3.05, 3.63) is 0 Å². The minimum Gasteiger partial charge on any atom is -0.290 e. The van der Waals surface area contributed by atoms with Gasteiger partial charge in [-0.05, 0) is 13.8 Å². The highest BCUT2D eigenvalue weighted by Crippen LogP contribution is 2.25. The van der Waals surface area contributed by atoms with Crippen LogP contribution in [0.25, 0.3) is 0 Å². The van der Waals surface area contributed by atoms with Crippen LogP contribution in [0, 0.1) is 0 Å². The summed E-state index contributed by atoms with van der Waals surface area (Å²) in [5.41, 5.74) is 0. The minimum atomic E-state index is -3.46. The molecular formula is C8H21NO2S. The van der Waals surface area contributed by atoms with Crippen molar-refractivity contribution in [3.8, 4) is 0 Å². The van der Waals surface area contributed by atoms with E-state index in [0.29, 0.717) is 24.6 Å². The third-order valence-corrected chi connectivity index (χ3v) is 6.46. The molecule has 0 aromatic carbocycles. The first-order chi connectivity index (χ1) is 5.43. The van der Waals surface area contributed by atoms with Crippen molar-refractivity contribution in [2.45, 2.75) is 27.7 Å². The van der Waals surface area contributed by atoms with Gasteiger partial charge >= 0.3 is 0 Å². The van der Waals surface area contributed by atoms with Crippen LogP contribution in [0.3, 0.4) is 0 Å². The minimum absolute atomic E-state index is 0.329. The van der Waals surface area contributed by atoms with Gasteiger partial charge in [0.25, 0.3) is 0 Å². The van der Waals surface area contributed by atoms with Crippen molar-refractivity contribution in [1.29, 1.82) is 0 Å². The van der Waals surface area contributed by atoms with Crippen molar-refractivity contribution in [3.63, 3.8) is 0 Å². The van der Waals surface area contributed by atoms with Gasteiger partial charge in [0, 0.05) is 24.6 Å². The lowest BCUT2D eigenvalue weighted by Crippen LogP contribution is -2.53. The summed E-state index contributed by atoms with van der Waals surface area (Å²) < 4.78 is 23.9. The van der Waals surface area contributed by atoms with Crippen LogP contribution in [0.4, 0.5) is 0 Å². The SMILES string of the molecule is CCN(CC)S(=O)(O)(CC)CC. The van der Waals surface area contributed by atoms with E-state index in [9.17, 15) is 8.76 Å².